The lowest BCUT2D eigenvalue weighted by atomic mass is 9.78. The van der Waals surface area contributed by atoms with E-state index in [-0.39, 0.29) is 16.9 Å². The number of halogens is 2. The number of phenols is 1. The normalized spacial score (nSPS) is 11.7. The quantitative estimate of drug-likeness (QED) is 0.902. The molecule has 0 saturated carbocycles. The van der Waals surface area contributed by atoms with Crippen LogP contribution in [-0.2, 0) is 5.41 Å². The third-order valence-corrected chi connectivity index (χ3v) is 3.37. The van der Waals surface area contributed by atoms with Gasteiger partial charge in [-0.2, -0.15) is 8.78 Å². The van der Waals surface area contributed by atoms with E-state index in [1.165, 1.54) is 12.1 Å². The number of phenolic OH excluding ortho intramolecular Hbond substituents is 1. The van der Waals surface area contributed by atoms with E-state index in [4.69, 9.17) is 0 Å². The highest BCUT2D eigenvalue weighted by Crippen LogP contribution is 2.33. The molecule has 1 N–H and O–H groups in total. The highest BCUT2D eigenvalue weighted by Gasteiger charge is 2.23. The Kier molecular flexibility index (Phi) is 3.93. The van der Waals surface area contributed by atoms with Gasteiger partial charge >= 0.3 is 6.61 Å². The van der Waals surface area contributed by atoms with Crippen molar-refractivity contribution in [2.75, 3.05) is 0 Å². The largest absolute Gasteiger partial charge is 0.508 e. The molecule has 0 spiro atoms. The van der Waals surface area contributed by atoms with Crippen molar-refractivity contribution in [3.63, 3.8) is 0 Å². The summed E-state index contributed by atoms with van der Waals surface area (Å²) in [6.07, 6.45) is 0. The summed E-state index contributed by atoms with van der Waals surface area (Å²) < 4.78 is 28.6. The molecule has 2 aromatic rings. The van der Waals surface area contributed by atoms with E-state index in [1.54, 1.807) is 30.3 Å². The van der Waals surface area contributed by atoms with E-state index < -0.39 is 6.61 Å². The molecule has 0 fully saturated rings. The van der Waals surface area contributed by atoms with Gasteiger partial charge in [-0.1, -0.05) is 38.1 Å². The van der Waals surface area contributed by atoms with Crippen molar-refractivity contribution in [1.82, 2.24) is 0 Å². The monoisotopic (exact) mass is 278 g/mol. The van der Waals surface area contributed by atoms with Gasteiger partial charge < -0.3 is 9.84 Å². The number of alkyl halides is 2. The molecule has 0 aromatic heterocycles. The molecule has 0 aliphatic heterocycles. The first-order chi connectivity index (χ1) is 9.39. The number of rotatable bonds is 4. The van der Waals surface area contributed by atoms with E-state index in [1.807, 2.05) is 19.9 Å². The smallest absolute Gasteiger partial charge is 0.387 e. The molecule has 20 heavy (non-hydrogen) atoms. The Bertz CT molecular complexity index is 577. The highest BCUT2D eigenvalue weighted by molar-refractivity contribution is 5.42. The number of benzene rings is 2. The van der Waals surface area contributed by atoms with E-state index in [2.05, 4.69) is 4.74 Å². The van der Waals surface area contributed by atoms with E-state index in [9.17, 15) is 13.9 Å². The van der Waals surface area contributed by atoms with Gasteiger partial charge in [-0.3, -0.25) is 0 Å². The van der Waals surface area contributed by atoms with Crippen molar-refractivity contribution in [1.29, 1.82) is 0 Å². The molecule has 4 heteroatoms. The van der Waals surface area contributed by atoms with Crippen molar-refractivity contribution >= 4 is 0 Å². The molecule has 0 amide bonds. The van der Waals surface area contributed by atoms with Crippen LogP contribution in [0.25, 0.3) is 0 Å². The molecule has 0 bridgehead atoms. The molecule has 2 rings (SSSR count). The van der Waals surface area contributed by atoms with Gasteiger partial charge in [-0.25, -0.2) is 0 Å². The molecule has 0 atom stereocenters. The van der Waals surface area contributed by atoms with Gasteiger partial charge in [0.15, 0.2) is 0 Å². The molecule has 0 aliphatic carbocycles. The first-order valence-corrected chi connectivity index (χ1v) is 6.24. The van der Waals surface area contributed by atoms with Crippen LogP contribution in [0, 0.1) is 0 Å². The molecule has 0 aliphatic rings. The Labute approximate surface area is 116 Å². The predicted octanol–water partition coefficient (Wildman–Crippen LogP) is 4.32. The second kappa shape index (κ2) is 5.49. The second-order valence-corrected chi connectivity index (χ2v) is 5.08. The minimum atomic E-state index is -2.82. The summed E-state index contributed by atoms with van der Waals surface area (Å²) in [5.74, 6) is 0.337. The molecule has 0 unspecified atom stereocenters. The van der Waals surface area contributed by atoms with E-state index >= 15 is 0 Å². The van der Waals surface area contributed by atoms with Crippen LogP contribution in [0.3, 0.4) is 0 Å². The predicted molar refractivity (Wildman–Crippen MR) is 73.3 cm³/mol. The van der Waals surface area contributed by atoms with Gasteiger partial charge in [-0.05, 0) is 35.4 Å². The van der Waals surface area contributed by atoms with Crippen molar-refractivity contribution in [3.05, 3.63) is 59.7 Å². The fourth-order valence-electron chi connectivity index (χ4n) is 2.11. The number of ether oxygens (including phenoxy) is 1. The highest BCUT2D eigenvalue weighted by atomic mass is 19.3. The second-order valence-electron chi connectivity index (χ2n) is 5.08. The molecular formula is C16H16F2O2. The van der Waals surface area contributed by atoms with Gasteiger partial charge in [0.05, 0.1) is 0 Å². The van der Waals surface area contributed by atoms with Crippen LogP contribution in [0.2, 0.25) is 0 Å². The summed E-state index contributed by atoms with van der Waals surface area (Å²) in [4.78, 5) is 0. The maximum atomic E-state index is 12.1. The van der Waals surface area contributed by atoms with Gasteiger partial charge in [-0.15, -0.1) is 0 Å². The van der Waals surface area contributed by atoms with Crippen molar-refractivity contribution in [2.24, 2.45) is 0 Å². The number of hydrogen-bond donors (Lipinski definition) is 1. The summed E-state index contributed by atoms with van der Waals surface area (Å²) in [5, 5.41) is 9.56. The Balaban J connectivity index is 2.29. The molecule has 106 valence electrons. The summed E-state index contributed by atoms with van der Waals surface area (Å²) in [7, 11) is 0. The van der Waals surface area contributed by atoms with Gasteiger partial charge in [0.25, 0.3) is 0 Å². The van der Waals surface area contributed by atoms with Gasteiger partial charge in [0.2, 0.25) is 0 Å². The fourth-order valence-corrected chi connectivity index (χ4v) is 2.11. The van der Waals surface area contributed by atoms with Crippen molar-refractivity contribution in [3.8, 4) is 11.5 Å². The number of aromatic hydroxyl groups is 1. The van der Waals surface area contributed by atoms with Crippen LogP contribution in [0.4, 0.5) is 8.78 Å². The maximum Gasteiger partial charge on any atom is 0.387 e. The van der Waals surface area contributed by atoms with Crippen molar-refractivity contribution < 1.29 is 18.6 Å². The summed E-state index contributed by atoms with van der Waals surface area (Å²) >= 11 is 0. The first kappa shape index (κ1) is 14.3. The topological polar surface area (TPSA) is 29.5 Å². The SMILES string of the molecule is CC(C)(c1ccc(OC(F)F)cc1)c1cccc(O)c1. The third-order valence-electron chi connectivity index (χ3n) is 3.37. The zero-order chi connectivity index (χ0) is 14.8. The lowest BCUT2D eigenvalue weighted by molar-refractivity contribution is -0.0498. The Morgan fingerprint density at radius 1 is 1.00 bits per heavy atom. The molecule has 2 nitrogen and oxygen atoms in total. The molecular weight excluding hydrogens is 262 g/mol. The fraction of sp³-hybridized carbons (Fsp3) is 0.250. The van der Waals surface area contributed by atoms with E-state index in [0.717, 1.165) is 11.1 Å². The van der Waals surface area contributed by atoms with Crippen LogP contribution in [0.5, 0.6) is 11.5 Å². The minimum absolute atomic E-state index is 0.135. The Morgan fingerprint density at radius 2 is 1.65 bits per heavy atom. The average Bonchev–Trinajstić information content (AvgIpc) is 2.38. The molecule has 0 saturated heterocycles. The first-order valence-electron chi connectivity index (χ1n) is 6.24. The minimum Gasteiger partial charge on any atom is -0.508 e. The van der Waals surface area contributed by atoms with Crippen LogP contribution >= 0.6 is 0 Å². The third kappa shape index (κ3) is 3.07. The lowest BCUT2D eigenvalue weighted by Crippen LogP contribution is -2.18. The standard InChI is InChI=1S/C16H16F2O2/c1-16(2,12-4-3-5-13(19)10-12)11-6-8-14(9-7-11)20-15(17)18/h3-10,15,19H,1-2H3. The summed E-state index contributed by atoms with van der Waals surface area (Å²) in [6.45, 7) is 1.19. The maximum absolute atomic E-state index is 12.1. The van der Waals surface area contributed by atoms with Gasteiger partial charge in [0.1, 0.15) is 11.5 Å². The zero-order valence-electron chi connectivity index (χ0n) is 11.3. The number of hydrogen-bond acceptors (Lipinski definition) is 2. The van der Waals surface area contributed by atoms with Crippen molar-refractivity contribution in [2.45, 2.75) is 25.9 Å². The average molecular weight is 278 g/mol. The molecule has 0 radical (unpaired) electrons. The van der Waals surface area contributed by atoms with E-state index in [0.29, 0.717) is 0 Å². The zero-order valence-corrected chi connectivity index (χ0v) is 11.3. The van der Waals surface area contributed by atoms with Crippen LogP contribution in [-0.4, -0.2) is 11.7 Å². The van der Waals surface area contributed by atoms with Crippen LogP contribution in [0.1, 0.15) is 25.0 Å². The Morgan fingerprint density at radius 3 is 2.20 bits per heavy atom. The summed E-state index contributed by atoms with van der Waals surface area (Å²) in [6, 6.07) is 13.5. The molecule has 2 aromatic carbocycles. The van der Waals surface area contributed by atoms with Crippen LogP contribution in [0.15, 0.2) is 48.5 Å². The lowest BCUT2D eigenvalue weighted by Gasteiger charge is -2.26. The van der Waals surface area contributed by atoms with Crippen LogP contribution < -0.4 is 4.74 Å². The Hall–Kier alpha value is -2.10. The summed E-state index contributed by atoms with van der Waals surface area (Å²) in [5.41, 5.74) is 1.55. The molecule has 0 heterocycles. The van der Waals surface area contributed by atoms with Gasteiger partial charge in [0, 0.05) is 5.41 Å².